The fourth-order valence-electron chi connectivity index (χ4n) is 5.05. The van der Waals surface area contributed by atoms with Gasteiger partial charge in [-0.3, -0.25) is 4.79 Å². The van der Waals surface area contributed by atoms with E-state index in [-0.39, 0.29) is 23.1 Å². The lowest BCUT2D eigenvalue weighted by Gasteiger charge is -2.57. The van der Waals surface area contributed by atoms with Crippen LogP contribution in [0.1, 0.15) is 50.3 Å². The number of hydrogen-bond donors (Lipinski definition) is 1. The summed E-state index contributed by atoms with van der Waals surface area (Å²) in [6.07, 6.45) is 4.87. The molecule has 1 aromatic heterocycles. The highest BCUT2D eigenvalue weighted by molar-refractivity contribution is 7.93. The van der Waals surface area contributed by atoms with Crippen LogP contribution in [0.2, 0.25) is 5.02 Å². The number of aromatic nitrogens is 1. The van der Waals surface area contributed by atoms with Crippen molar-refractivity contribution in [3.8, 4) is 0 Å². The number of oxazole rings is 1. The number of hydrogen-bond acceptors (Lipinski definition) is 5. The summed E-state index contributed by atoms with van der Waals surface area (Å²) in [5.41, 5.74) is 1.79. The molecule has 2 aliphatic carbocycles. The van der Waals surface area contributed by atoms with E-state index >= 15 is 0 Å². The molecule has 27 heavy (non-hydrogen) atoms. The molecule has 1 atom stereocenters. The Balaban J connectivity index is 1.17. The minimum Gasteiger partial charge on any atom is -0.440 e. The Morgan fingerprint density at radius 1 is 1.26 bits per heavy atom. The Kier molecular flexibility index (Phi) is 3.85. The number of halogens is 1. The highest BCUT2D eigenvalue weighted by Gasteiger charge is 2.55. The predicted octanol–water partition coefficient (Wildman–Crippen LogP) is 3.20. The number of benzene rings is 1. The van der Waals surface area contributed by atoms with Gasteiger partial charge in [-0.2, -0.15) is 0 Å². The highest BCUT2D eigenvalue weighted by atomic mass is 35.5. The topological polar surface area (TPSA) is 89.3 Å². The molecule has 1 spiro atoms. The van der Waals surface area contributed by atoms with Gasteiger partial charge in [0.2, 0.25) is 5.91 Å². The van der Waals surface area contributed by atoms with E-state index in [9.17, 15) is 13.2 Å². The van der Waals surface area contributed by atoms with Gasteiger partial charge in [0.25, 0.3) is 0 Å². The second-order valence-electron chi connectivity index (χ2n) is 8.38. The number of nitrogens with zero attached hydrogens (tertiary/aromatic N) is 1. The Hall–Kier alpha value is -1.60. The maximum Gasteiger partial charge on any atom is 0.238 e. The number of carbonyl (C=O) groups excluding carboxylic acids is 1. The van der Waals surface area contributed by atoms with Gasteiger partial charge in [0, 0.05) is 17.0 Å². The van der Waals surface area contributed by atoms with Crippen LogP contribution in [0.3, 0.4) is 0 Å². The van der Waals surface area contributed by atoms with Crippen LogP contribution < -0.4 is 5.32 Å². The molecule has 1 aliphatic heterocycles. The zero-order valence-electron chi connectivity index (χ0n) is 14.8. The van der Waals surface area contributed by atoms with Crippen LogP contribution in [0, 0.1) is 5.41 Å². The Labute approximate surface area is 162 Å². The average molecular weight is 409 g/mol. The zero-order chi connectivity index (χ0) is 18.8. The summed E-state index contributed by atoms with van der Waals surface area (Å²) in [5.74, 6) is 0.904. The largest absolute Gasteiger partial charge is 0.440 e. The third kappa shape index (κ3) is 2.95. The van der Waals surface area contributed by atoms with Crippen molar-refractivity contribution in [2.24, 2.45) is 5.41 Å². The third-order valence-corrected chi connectivity index (χ3v) is 8.81. The monoisotopic (exact) mass is 408 g/mol. The summed E-state index contributed by atoms with van der Waals surface area (Å²) in [6.45, 7) is 0. The summed E-state index contributed by atoms with van der Waals surface area (Å²) in [4.78, 5) is 16.8. The standard InChI is InChI=1S/C19H21ClN2O4S/c20-12-3-4-15-14(6-12)22-18(26-15)11-7-19(8-11)9-13(10-19)21-17(23)16-2-1-5-27(16,24)25/h3-4,6,11,13,16H,1-2,5,7-10H2,(H,21,23). The molecule has 5 rings (SSSR count). The quantitative estimate of drug-likeness (QED) is 0.842. The van der Waals surface area contributed by atoms with Crippen LogP contribution >= 0.6 is 11.6 Å². The zero-order valence-corrected chi connectivity index (χ0v) is 16.4. The van der Waals surface area contributed by atoms with Gasteiger partial charge < -0.3 is 9.73 Å². The van der Waals surface area contributed by atoms with E-state index < -0.39 is 15.1 Å². The number of rotatable bonds is 3. The number of sulfone groups is 1. The number of nitrogens with one attached hydrogen (secondary N) is 1. The Morgan fingerprint density at radius 3 is 2.74 bits per heavy atom. The summed E-state index contributed by atoms with van der Waals surface area (Å²) < 4.78 is 29.7. The lowest BCUT2D eigenvalue weighted by molar-refractivity contribution is -0.124. The molecule has 2 aromatic rings. The first-order chi connectivity index (χ1) is 12.8. The molecule has 1 saturated heterocycles. The van der Waals surface area contributed by atoms with Crippen molar-refractivity contribution < 1.29 is 17.6 Å². The van der Waals surface area contributed by atoms with Crippen molar-refractivity contribution in [3.63, 3.8) is 0 Å². The molecule has 1 N–H and O–H groups in total. The molecular weight excluding hydrogens is 388 g/mol. The molecular formula is C19H21ClN2O4S. The second kappa shape index (κ2) is 5.95. The molecule has 0 bridgehead atoms. The van der Waals surface area contributed by atoms with Gasteiger partial charge in [0.15, 0.2) is 21.3 Å². The van der Waals surface area contributed by atoms with Crippen LogP contribution in [-0.2, 0) is 14.6 Å². The molecule has 144 valence electrons. The first-order valence-corrected chi connectivity index (χ1v) is 11.5. The Bertz CT molecular complexity index is 1020. The van der Waals surface area contributed by atoms with Crippen molar-refractivity contribution in [1.29, 1.82) is 0 Å². The number of amides is 1. The van der Waals surface area contributed by atoms with Crippen molar-refractivity contribution in [3.05, 3.63) is 29.1 Å². The molecule has 8 heteroatoms. The number of carbonyl (C=O) groups is 1. The molecule has 1 unspecified atom stereocenters. The molecule has 2 heterocycles. The number of fused-ring (bicyclic) bond motifs is 1. The van der Waals surface area contributed by atoms with Crippen LogP contribution in [0.4, 0.5) is 0 Å². The molecule has 6 nitrogen and oxygen atoms in total. The summed E-state index contributed by atoms with van der Waals surface area (Å²) >= 11 is 6.00. The minimum absolute atomic E-state index is 0.0942. The van der Waals surface area contributed by atoms with Gasteiger partial charge in [-0.1, -0.05) is 11.6 Å². The van der Waals surface area contributed by atoms with Gasteiger partial charge in [0.1, 0.15) is 10.8 Å². The smallest absolute Gasteiger partial charge is 0.238 e. The van der Waals surface area contributed by atoms with Crippen LogP contribution in [-0.4, -0.2) is 36.4 Å². The van der Waals surface area contributed by atoms with Gasteiger partial charge >= 0.3 is 0 Å². The second-order valence-corrected chi connectivity index (χ2v) is 11.1. The maximum absolute atomic E-state index is 12.3. The van der Waals surface area contributed by atoms with Crippen LogP contribution in [0.25, 0.3) is 11.1 Å². The fraction of sp³-hybridized carbons (Fsp3) is 0.579. The van der Waals surface area contributed by atoms with Gasteiger partial charge in [-0.05, 0) is 62.1 Å². The third-order valence-electron chi connectivity index (χ3n) is 6.40. The molecule has 3 aliphatic rings. The Morgan fingerprint density at radius 2 is 2.04 bits per heavy atom. The van der Waals surface area contributed by atoms with Crippen LogP contribution in [0.5, 0.6) is 0 Å². The highest BCUT2D eigenvalue weighted by Crippen LogP contribution is 2.61. The summed E-state index contributed by atoms with van der Waals surface area (Å²) in [6, 6.07) is 5.54. The van der Waals surface area contributed by atoms with E-state index in [1.54, 1.807) is 6.07 Å². The van der Waals surface area contributed by atoms with E-state index in [0.29, 0.717) is 23.8 Å². The maximum atomic E-state index is 12.3. The SMILES string of the molecule is O=C(NC1CC2(C1)CC(c1nc3cc(Cl)ccc3o1)C2)C1CCCS1(=O)=O. The van der Waals surface area contributed by atoms with Crippen molar-refractivity contribution in [1.82, 2.24) is 10.3 Å². The lowest BCUT2D eigenvalue weighted by Crippen LogP contribution is -2.57. The van der Waals surface area contributed by atoms with Gasteiger partial charge in [0.05, 0.1) is 5.75 Å². The van der Waals surface area contributed by atoms with E-state index in [1.165, 1.54) is 0 Å². The predicted molar refractivity (Wildman–Crippen MR) is 101 cm³/mol. The molecule has 1 aromatic carbocycles. The van der Waals surface area contributed by atoms with Crippen molar-refractivity contribution in [2.45, 2.75) is 55.7 Å². The van der Waals surface area contributed by atoms with E-state index in [4.69, 9.17) is 16.0 Å². The average Bonchev–Trinajstić information content (AvgIpc) is 3.09. The normalized spacial score (nSPS) is 34.3. The molecule has 1 amide bonds. The minimum atomic E-state index is -3.24. The van der Waals surface area contributed by atoms with E-state index in [1.807, 2.05) is 12.1 Å². The summed E-state index contributed by atoms with van der Waals surface area (Å²) in [7, 11) is -3.24. The molecule has 3 fully saturated rings. The summed E-state index contributed by atoms with van der Waals surface area (Å²) in [5, 5.41) is 2.76. The van der Waals surface area contributed by atoms with E-state index in [0.717, 1.165) is 42.7 Å². The van der Waals surface area contributed by atoms with Gasteiger partial charge in [-0.15, -0.1) is 0 Å². The fourth-order valence-corrected chi connectivity index (χ4v) is 6.99. The van der Waals surface area contributed by atoms with Crippen molar-refractivity contribution in [2.75, 3.05) is 5.75 Å². The van der Waals surface area contributed by atoms with E-state index in [2.05, 4.69) is 10.3 Å². The molecule has 2 saturated carbocycles. The van der Waals surface area contributed by atoms with Crippen LogP contribution in [0.15, 0.2) is 22.6 Å². The first kappa shape index (κ1) is 17.5. The lowest BCUT2D eigenvalue weighted by atomic mass is 9.50. The first-order valence-electron chi connectivity index (χ1n) is 9.42. The van der Waals surface area contributed by atoms with Gasteiger partial charge in [-0.25, -0.2) is 13.4 Å². The molecule has 0 radical (unpaired) electrons. The van der Waals surface area contributed by atoms with Crippen molar-refractivity contribution >= 4 is 38.4 Å².